The van der Waals surface area contributed by atoms with Gasteiger partial charge in [0.15, 0.2) is 0 Å². The number of hydrogen-bond donors (Lipinski definition) is 1. The maximum atomic E-state index is 11.0. The van der Waals surface area contributed by atoms with Crippen LogP contribution in [-0.4, -0.2) is 38.9 Å². The first kappa shape index (κ1) is 20.9. The van der Waals surface area contributed by atoms with Gasteiger partial charge in [-0.3, -0.25) is 0 Å². The topological polar surface area (TPSA) is 38.2 Å². The summed E-state index contributed by atoms with van der Waals surface area (Å²) in [5.74, 6) is 0.267. The molecule has 0 amide bonds. The normalized spacial score (nSPS) is 52.3. The Labute approximate surface area is 169 Å². The van der Waals surface area contributed by atoms with Crippen molar-refractivity contribution in [3.05, 3.63) is 22.8 Å². The predicted octanol–water partition coefficient (Wildman–Crippen LogP) is 5.09. The molecule has 2 aliphatic carbocycles. The van der Waals surface area contributed by atoms with Crippen LogP contribution in [0.4, 0.5) is 0 Å². The minimum atomic E-state index is -1.00. The summed E-state index contributed by atoms with van der Waals surface area (Å²) in [6.45, 7) is 25.8. The van der Waals surface area contributed by atoms with E-state index in [2.05, 4.69) is 37.4 Å². The molecular weight excluding hydrogens is 360 g/mol. The Morgan fingerprint density at radius 2 is 1.59 bits per heavy atom. The van der Waals surface area contributed by atoms with Crippen LogP contribution < -0.4 is 0 Å². The lowest BCUT2D eigenvalue weighted by molar-refractivity contribution is -0.217. The fourth-order valence-electron chi connectivity index (χ4n) is 6.29. The third-order valence-electron chi connectivity index (χ3n) is 7.98. The zero-order chi connectivity index (χ0) is 20.3. The van der Waals surface area contributed by atoms with Crippen molar-refractivity contribution in [1.29, 1.82) is 0 Å². The van der Waals surface area contributed by atoms with Gasteiger partial charge in [-0.2, -0.15) is 0 Å². The zero-order valence-electron chi connectivity index (χ0n) is 17.3. The number of halogens is 1. The quantitative estimate of drug-likeness (QED) is 0.498. The molecule has 0 unspecified atom stereocenters. The second-order valence-electron chi connectivity index (χ2n) is 10.3. The highest BCUT2D eigenvalue weighted by molar-refractivity contribution is 6.21. The van der Waals surface area contributed by atoms with Crippen LogP contribution in [0.5, 0.6) is 0 Å². The molecular formula is C22H33ClN2O2. The van der Waals surface area contributed by atoms with Crippen molar-refractivity contribution in [3.8, 4) is 0 Å². The first-order chi connectivity index (χ1) is 12.4. The van der Waals surface area contributed by atoms with E-state index >= 15 is 0 Å². The summed E-state index contributed by atoms with van der Waals surface area (Å²) in [6.07, 6.45) is 4.83. The molecule has 0 radical (unpaired) electrons. The van der Waals surface area contributed by atoms with Crippen LogP contribution in [0.15, 0.2) is 0 Å². The van der Waals surface area contributed by atoms with Crippen LogP contribution >= 0.6 is 11.6 Å². The van der Waals surface area contributed by atoms with E-state index in [4.69, 9.17) is 29.5 Å². The third kappa shape index (κ3) is 3.29. The fraction of sp³-hybridized carbons (Fsp3) is 0.909. The molecule has 0 aromatic carbocycles. The summed E-state index contributed by atoms with van der Waals surface area (Å²) in [7, 11) is 0. The highest BCUT2D eigenvalue weighted by Crippen LogP contribution is 2.58. The molecule has 150 valence electrons. The van der Waals surface area contributed by atoms with E-state index in [9.17, 15) is 5.11 Å². The minimum Gasteiger partial charge on any atom is -0.382 e. The molecule has 8 atom stereocenters. The maximum Gasteiger partial charge on any atom is 0.255 e. The number of ether oxygens (including phenoxy) is 1. The second kappa shape index (κ2) is 6.62. The summed E-state index contributed by atoms with van der Waals surface area (Å²) in [4.78, 5) is 7.95. The molecule has 0 bridgehead atoms. The van der Waals surface area contributed by atoms with Gasteiger partial charge in [-0.15, -0.1) is 11.6 Å². The van der Waals surface area contributed by atoms with Crippen molar-refractivity contribution in [2.45, 2.75) is 107 Å². The van der Waals surface area contributed by atoms with Crippen molar-refractivity contribution < 1.29 is 9.84 Å². The summed E-state index contributed by atoms with van der Waals surface area (Å²) < 4.78 is 6.63. The van der Waals surface area contributed by atoms with Gasteiger partial charge >= 0.3 is 0 Å². The van der Waals surface area contributed by atoms with Crippen LogP contribution in [-0.2, 0) is 4.74 Å². The molecule has 1 saturated heterocycles. The molecule has 27 heavy (non-hydrogen) atoms. The van der Waals surface area contributed by atoms with Crippen LogP contribution in [0.2, 0.25) is 0 Å². The first-order valence-corrected chi connectivity index (χ1v) is 10.7. The number of alkyl halides is 1. The predicted molar refractivity (Wildman–Crippen MR) is 107 cm³/mol. The average Bonchev–Trinajstić information content (AvgIpc) is 2.57. The second-order valence-corrected chi connectivity index (χ2v) is 10.8. The van der Waals surface area contributed by atoms with E-state index in [0.29, 0.717) is 6.42 Å². The summed E-state index contributed by atoms with van der Waals surface area (Å²) in [5.41, 5.74) is -2.25. The van der Waals surface area contributed by atoms with E-state index < -0.39 is 22.8 Å². The third-order valence-corrected chi connectivity index (χ3v) is 8.72. The lowest BCUT2D eigenvalue weighted by atomic mass is 9.51. The molecule has 0 spiro atoms. The largest absolute Gasteiger partial charge is 0.382 e. The van der Waals surface area contributed by atoms with Gasteiger partial charge in [0, 0.05) is 19.3 Å². The van der Waals surface area contributed by atoms with Crippen LogP contribution in [0.3, 0.4) is 0 Å². The molecule has 3 aliphatic rings. The molecule has 3 rings (SSSR count). The van der Waals surface area contributed by atoms with Crippen molar-refractivity contribution in [3.63, 3.8) is 0 Å². The van der Waals surface area contributed by atoms with E-state index in [1.165, 1.54) is 0 Å². The molecule has 4 nitrogen and oxygen atoms in total. The van der Waals surface area contributed by atoms with Crippen LogP contribution in [0.25, 0.3) is 9.69 Å². The molecule has 2 saturated carbocycles. The van der Waals surface area contributed by atoms with Crippen molar-refractivity contribution in [1.82, 2.24) is 0 Å². The summed E-state index contributed by atoms with van der Waals surface area (Å²) in [6, 6.07) is -0.486. The van der Waals surface area contributed by atoms with E-state index in [-0.39, 0.29) is 28.7 Å². The Bertz CT molecular complexity index is 679. The zero-order valence-corrected chi connectivity index (χ0v) is 18.0. The molecule has 0 aromatic rings. The van der Waals surface area contributed by atoms with Gasteiger partial charge in [0.25, 0.3) is 6.04 Å². The minimum absolute atomic E-state index is 0.0215. The molecule has 5 heteroatoms. The number of aliphatic hydroxyl groups is 1. The van der Waals surface area contributed by atoms with Gasteiger partial charge in [0.1, 0.15) is 5.60 Å². The summed E-state index contributed by atoms with van der Waals surface area (Å²) >= 11 is 6.53. The van der Waals surface area contributed by atoms with Gasteiger partial charge < -0.3 is 19.5 Å². The highest BCUT2D eigenvalue weighted by Gasteiger charge is 2.66. The summed E-state index contributed by atoms with van der Waals surface area (Å²) in [5, 5.41) is 11.0. The maximum absolute atomic E-state index is 11.0. The molecule has 1 heterocycles. The molecule has 1 N–H and O–H groups in total. The Morgan fingerprint density at radius 1 is 0.963 bits per heavy atom. The Hall–Kier alpha value is -0.810. The van der Waals surface area contributed by atoms with Gasteiger partial charge in [-0.1, -0.05) is 0 Å². The van der Waals surface area contributed by atoms with Gasteiger partial charge in [0.2, 0.25) is 5.54 Å². The lowest BCUT2D eigenvalue weighted by Crippen LogP contribution is -2.64. The van der Waals surface area contributed by atoms with Crippen LogP contribution in [0, 0.1) is 30.9 Å². The molecule has 1 aliphatic heterocycles. The lowest BCUT2D eigenvalue weighted by Gasteiger charge is -2.57. The number of fused-ring (bicyclic) bond motifs is 1. The standard InChI is InChI=1S/C22H33ClN2O2/c1-19(2)16(23)10-13-22(5,27-19)15-8-11-20(3,25-7)14-9-12-21(4,26)18(24-6)17(14)15/h14-18,26H,8-13H2,1-5H3/t14-,15-,16-,17-,18+,20+,21+,22+/m1/s1. The number of nitrogens with zero attached hydrogens (tertiary/aromatic N) is 2. The monoisotopic (exact) mass is 392 g/mol. The Kier molecular flexibility index (Phi) is 5.13. The van der Waals surface area contributed by atoms with E-state index in [1.54, 1.807) is 6.92 Å². The molecule has 3 fully saturated rings. The fourth-order valence-corrected chi connectivity index (χ4v) is 6.44. The van der Waals surface area contributed by atoms with Crippen molar-refractivity contribution in [2.75, 3.05) is 0 Å². The van der Waals surface area contributed by atoms with Crippen molar-refractivity contribution in [2.24, 2.45) is 17.8 Å². The Morgan fingerprint density at radius 3 is 2.15 bits per heavy atom. The average molecular weight is 393 g/mol. The molecule has 0 aromatic heterocycles. The number of hydrogen-bond acceptors (Lipinski definition) is 2. The highest BCUT2D eigenvalue weighted by atomic mass is 35.5. The Balaban J connectivity index is 2.03. The SMILES string of the molecule is [C-]#[N+][C@H]1[C@@H]2[C@@H](CC[C@]1(C)O)[C@@](C)([N+]#[C-])CC[C@H]2[C@]1(C)CC[C@@H](Cl)C(C)(C)O1. The van der Waals surface area contributed by atoms with E-state index in [0.717, 1.165) is 32.1 Å². The van der Waals surface area contributed by atoms with E-state index in [1.807, 2.05) is 0 Å². The van der Waals surface area contributed by atoms with Crippen LogP contribution in [0.1, 0.15) is 73.1 Å². The first-order valence-electron chi connectivity index (χ1n) is 10.2. The van der Waals surface area contributed by atoms with Crippen molar-refractivity contribution >= 4 is 11.6 Å². The number of rotatable bonds is 1. The van der Waals surface area contributed by atoms with Gasteiger partial charge in [0.05, 0.1) is 22.5 Å². The van der Waals surface area contributed by atoms with Gasteiger partial charge in [-0.25, -0.2) is 13.1 Å². The van der Waals surface area contributed by atoms with Gasteiger partial charge in [-0.05, 0) is 65.7 Å². The smallest absolute Gasteiger partial charge is 0.255 e.